The van der Waals surface area contributed by atoms with Crippen molar-refractivity contribution in [2.24, 2.45) is 0 Å². The van der Waals surface area contributed by atoms with Gasteiger partial charge in [-0.2, -0.15) is 0 Å². The Morgan fingerprint density at radius 2 is 1.83 bits per heavy atom. The van der Waals surface area contributed by atoms with E-state index in [2.05, 4.69) is 11.9 Å². The van der Waals surface area contributed by atoms with Crippen LogP contribution in [0.4, 0.5) is 0 Å². The van der Waals surface area contributed by atoms with E-state index in [9.17, 15) is 9.59 Å². The summed E-state index contributed by atoms with van der Waals surface area (Å²) in [5.41, 5.74) is 1.82. The molecule has 0 aliphatic carbocycles. The van der Waals surface area contributed by atoms with Gasteiger partial charge in [0, 0.05) is 12.6 Å². The maximum Gasteiger partial charge on any atom is 0.351 e. The van der Waals surface area contributed by atoms with Gasteiger partial charge in [0.15, 0.2) is 0 Å². The molecule has 1 rings (SSSR count). The lowest BCUT2D eigenvalue weighted by atomic mass is 10.1. The molecule has 2 N–H and O–H groups in total. The largest absolute Gasteiger partial charge is 0.477 e. The molecule has 0 atom stereocenters. The SMILES string of the molecule is C=C(NC)C(=O)O.CC.Cc1ccccc1C=O. The number of nitrogens with one attached hydrogen (secondary N) is 1. The van der Waals surface area contributed by atoms with Gasteiger partial charge >= 0.3 is 5.97 Å². The minimum Gasteiger partial charge on any atom is -0.477 e. The molecule has 0 aliphatic heterocycles. The van der Waals surface area contributed by atoms with Crippen LogP contribution in [0.1, 0.15) is 29.8 Å². The highest BCUT2D eigenvalue weighted by Crippen LogP contribution is 2.02. The first-order valence-corrected chi connectivity index (χ1v) is 5.63. The van der Waals surface area contributed by atoms with E-state index >= 15 is 0 Å². The van der Waals surface area contributed by atoms with E-state index in [0.29, 0.717) is 0 Å². The average molecular weight is 251 g/mol. The van der Waals surface area contributed by atoms with Gasteiger partial charge in [-0.3, -0.25) is 4.79 Å². The van der Waals surface area contributed by atoms with Crippen molar-refractivity contribution in [3.05, 3.63) is 47.7 Å². The number of aldehydes is 1. The summed E-state index contributed by atoms with van der Waals surface area (Å²) in [6, 6.07) is 7.51. The van der Waals surface area contributed by atoms with E-state index in [1.165, 1.54) is 7.05 Å². The lowest BCUT2D eigenvalue weighted by molar-refractivity contribution is -0.133. The summed E-state index contributed by atoms with van der Waals surface area (Å²) in [4.78, 5) is 20.0. The quantitative estimate of drug-likeness (QED) is 0.640. The molecule has 0 saturated heterocycles. The maximum atomic E-state index is 10.2. The van der Waals surface area contributed by atoms with Gasteiger partial charge in [0.2, 0.25) is 0 Å². The smallest absolute Gasteiger partial charge is 0.351 e. The van der Waals surface area contributed by atoms with E-state index in [-0.39, 0.29) is 5.70 Å². The highest BCUT2D eigenvalue weighted by atomic mass is 16.4. The zero-order valence-corrected chi connectivity index (χ0v) is 11.4. The Morgan fingerprint density at radius 3 is 2.06 bits per heavy atom. The first kappa shape index (κ1) is 18.3. The van der Waals surface area contributed by atoms with Crippen molar-refractivity contribution < 1.29 is 14.7 Å². The second kappa shape index (κ2) is 11.4. The summed E-state index contributed by atoms with van der Waals surface area (Å²) in [5, 5.41) is 10.4. The van der Waals surface area contributed by atoms with Crippen molar-refractivity contribution in [3.63, 3.8) is 0 Å². The summed E-state index contributed by atoms with van der Waals surface area (Å²) in [6.45, 7) is 9.08. The molecule has 1 aromatic rings. The first-order chi connectivity index (χ1) is 8.52. The maximum absolute atomic E-state index is 10.2. The van der Waals surface area contributed by atoms with Crippen LogP contribution in [0, 0.1) is 6.92 Å². The minimum absolute atomic E-state index is 0.0139. The van der Waals surface area contributed by atoms with Crippen molar-refractivity contribution in [1.82, 2.24) is 5.32 Å². The van der Waals surface area contributed by atoms with Crippen LogP contribution in [0.15, 0.2) is 36.5 Å². The van der Waals surface area contributed by atoms with Crippen LogP contribution in [0.25, 0.3) is 0 Å². The molecule has 0 bridgehead atoms. The molecule has 0 radical (unpaired) electrons. The van der Waals surface area contributed by atoms with Crippen LogP contribution in [-0.2, 0) is 4.79 Å². The van der Waals surface area contributed by atoms with E-state index in [0.717, 1.165) is 17.4 Å². The first-order valence-electron chi connectivity index (χ1n) is 5.63. The summed E-state index contributed by atoms with van der Waals surface area (Å²) >= 11 is 0. The Morgan fingerprint density at radius 1 is 1.33 bits per heavy atom. The number of hydrogen-bond donors (Lipinski definition) is 2. The van der Waals surface area contributed by atoms with Gasteiger partial charge in [-0.15, -0.1) is 0 Å². The van der Waals surface area contributed by atoms with Crippen LogP contribution in [0.3, 0.4) is 0 Å². The van der Waals surface area contributed by atoms with E-state index in [4.69, 9.17) is 5.11 Å². The molecular weight excluding hydrogens is 230 g/mol. The molecule has 0 heterocycles. The number of carboxylic acid groups (broad SMARTS) is 1. The van der Waals surface area contributed by atoms with Crippen LogP contribution >= 0.6 is 0 Å². The van der Waals surface area contributed by atoms with Gasteiger partial charge in [0.1, 0.15) is 12.0 Å². The van der Waals surface area contributed by atoms with Crippen molar-refractivity contribution in [1.29, 1.82) is 0 Å². The van der Waals surface area contributed by atoms with Crippen LogP contribution < -0.4 is 5.32 Å². The predicted molar refractivity (Wildman–Crippen MR) is 73.8 cm³/mol. The lowest BCUT2D eigenvalue weighted by Gasteiger charge is -1.92. The monoisotopic (exact) mass is 251 g/mol. The Hall–Kier alpha value is -2.10. The van der Waals surface area contributed by atoms with Gasteiger partial charge < -0.3 is 10.4 Å². The molecule has 1 aromatic carbocycles. The van der Waals surface area contributed by atoms with Crippen molar-refractivity contribution in [2.75, 3.05) is 7.05 Å². The summed E-state index contributed by atoms with van der Waals surface area (Å²) in [5.74, 6) is -1.01. The van der Waals surface area contributed by atoms with Crippen LogP contribution in [-0.4, -0.2) is 24.4 Å². The molecule has 18 heavy (non-hydrogen) atoms. The second-order valence-corrected chi connectivity index (χ2v) is 3.01. The van der Waals surface area contributed by atoms with Crippen LogP contribution in [0.5, 0.6) is 0 Å². The Balaban J connectivity index is 0. The molecule has 0 aromatic heterocycles. The fourth-order valence-electron chi connectivity index (χ4n) is 0.826. The standard InChI is InChI=1S/C8H8O.C4H7NO2.C2H6/c1-7-4-2-3-5-8(7)6-9;1-3(5-2)4(6)7;1-2/h2-6H,1H3;5H,1H2,2H3,(H,6,7);1-2H3. The zero-order chi connectivity index (χ0) is 14.6. The second-order valence-electron chi connectivity index (χ2n) is 3.01. The van der Waals surface area contributed by atoms with Gasteiger partial charge in [-0.25, -0.2) is 4.79 Å². The molecule has 0 spiro atoms. The Labute approximate surface area is 108 Å². The van der Waals surface area contributed by atoms with E-state index < -0.39 is 5.97 Å². The normalized spacial score (nSPS) is 7.78. The van der Waals surface area contributed by atoms with Gasteiger partial charge in [0.05, 0.1) is 0 Å². The molecule has 4 heteroatoms. The number of carbonyl (C=O) groups excluding carboxylic acids is 1. The Bertz CT molecular complexity index is 386. The molecule has 0 unspecified atom stereocenters. The van der Waals surface area contributed by atoms with Crippen molar-refractivity contribution >= 4 is 12.3 Å². The number of hydrogen-bond acceptors (Lipinski definition) is 3. The minimum atomic E-state index is -1.01. The number of carboxylic acids is 1. The number of rotatable bonds is 3. The topological polar surface area (TPSA) is 66.4 Å². The molecule has 100 valence electrons. The third kappa shape index (κ3) is 8.10. The number of benzene rings is 1. The predicted octanol–water partition coefficient (Wildman–Crippen LogP) is 2.64. The molecular formula is C14H21NO3. The third-order valence-corrected chi connectivity index (χ3v) is 1.88. The number of likely N-dealkylation sites (N-methyl/N-ethyl adjacent to an activating group) is 1. The number of carbonyl (C=O) groups is 2. The third-order valence-electron chi connectivity index (χ3n) is 1.88. The van der Waals surface area contributed by atoms with Crippen molar-refractivity contribution in [3.8, 4) is 0 Å². The average Bonchev–Trinajstić information content (AvgIpc) is 2.41. The molecule has 4 nitrogen and oxygen atoms in total. The van der Waals surface area contributed by atoms with Gasteiger partial charge in [0.25, 0.3) is 0 Å². The van der Waals surface area contributed by atoms with E-state index in [1.807, 2.05) is 45.0 Å². The fourth-order valence-corrected chi connectivity index (χ4v) is 0.826. The molecule has 0 saturated carbocycles. The van der Waals surface area contributed by atoms with Gasteiger partial charge in [-0.1, -0.05) is 44.7 Å². The van der Waals surface area contributed by atoms with Crippen LogP contribution in [0.2, 0.25) is 0 Å². The fraction of sp³-hybridized carbons (Fsp3) is 0.286. The lowest BCUT2D eigenvalue weighted by Crippen LogP contribution is -2.13. The number of aryl methyl sites for hydroxylation is 1. The highest BCUT2D eigenvalue weighted by Gasteiger charge is 1.95. The summed E-state index contributed by atoms with van der Waals surface area (Å²) in [7, 11) is 1.51. The summed E-state index contributed by atoms with van der Waals surface area (Å²) < 4.78 is 0. The highest BCUT2D eigenvalue weighted by molar-refractivity contribution is 5.84. The molecule has 0 fully saturated rings. The molecule has 0 amide bonds. The van der Waals surface area contributed by atoms with Crippen molar-refractivity contribution in [2.45, 2.75) is 20.8 Å². The van der Waals surface area contributed by atoms with Gasteiger partial charge in [-0.05, 0) is 12.5 Å². The summed E-state index contributed by atoms with van der Waals surface area (Å²) in [6.07, 6.45) is 0.870. The van der Waals surface area contributed by atoms with E-state index in [1.54, 1.807) is 0 Å². The zero-order valence-electron chi connectivity index (χ0n) is 11.4. The molecule has 0 aliphatic rings. The number of aliphatic carboxylic acids is 1. The Kier molecular flexibility index (Phi) is 11.6.